The van der Waals surface area contributed by atoms with E-state index in [1.807, 2.05) is 19.1 Å². The van der Waals surface area contributed by atoms with E-state index in [1.165, 1.54) is 18.9 Å². The van der Waals surface area contributed by atoms with Gasteiger partial charge in [-0.25, -0.2) is 4.79 Å². The van der Waals surface area contributed by atoms with Crippen molar-refractivity contribution in [3.8, 4) is 11.5 Å². The van der Waals surface area contributed by atoms with Crippen LogP contribution in [-0.4, -0.2) is 38.5 Å². The van der Waals surface area contributed by atoms with Crippen molar-refractivity contribution < 1.29 is 23.8 Å². The van der Waals surface area contributed by atoms with Gasteiger partial charge in [0.15, 0.2) is 11.5 Å². The van der Waals surface area contributed by atoms with E-state index in [4.69, 9.17) is 9.47 Å². The molecule has 0 saturated carbocycles. The van der Waals surface area contributed by atoms with Crippen LogP contribution in [0, 0.1) is 0 Å². The lowest BCUT2D eigenvalue weighted by Gasteiger charge is -2.14. The number of rotatable bonds is 7. The Labute approximate surface area is 156 Å². The number of hydrogen-bond acceptors (Lipinski definition) is 6. The van der Waals surface area contributed by atoms with Crippen LogP contribution < -0.4 is 14.8 Å². The smallest absolute Gasteiger partial charge is 0.337 e. The highest BCUT2D eigenvalue weighted by Gasteiger charge is 2.16. The summed E-state index contributed by atoms with van der Waals surface area (Å²) in [4.78, 5) is 24.7. The predicted molar refractivity (Wildman–Crippen MR) is 101 cm³/mol. The summed E-state index contributed by atoms with van der Waals surface area (Å²) in [6, 6.07) is 12.0. The largest absolute Gasteiger partial charge is 0.493 e. The monoisotopic (exact) mass is 375 g/mol. The number of benzene rings is 2. The van der Waals surface area contributed by atoms with E-state index in [-0.39, 0.29) is 11.2 Å². The Kier molecular flexibility index (Phi) is 6.91. The van der Waals surface area contributed by atoms with Crippen LogP contribution in [-0.2, 0) is 9.53 Å². The molecule has 0 heterocycles. The molecule has 0 aliphatic rings. The SMILES string of the molecule is COC(=O)c1ccc(NC(=O)[C@H](C)Sc2ccc(OC)c(OC)c2)cc1. The number of hydrogen-bond donors (Lipinski definition) is 1. The van der Waals surface area contributed by atoms with E-state index in [2.05, 4.69) is 10.1 Å². The first-order valence-corrected chi connectivity index (χ1v) is 8.74. The maximum Gasteiger partial charge on any atom is 0.337 e. The number of thioether (sulfide) groups is 1. The third-order valence-electron chi connectivity index (χ3n) is 3.61. The van der Waals surface area contributed by atoms with Crippen molar-refractivity contribution in [2.24, 2.45) is 0 Å². The second kappa shape index (κ2) is 9.15. The van der Waals surface area contributed by atoms with Gasteiger partial charge in [0.1, 0.15) is 0 Å². The molecule has 7 heteroatoms. The van der Waals surface area contributed by atoms with E-state index >= 15 is 0 Å². The molecule has 1 N–H and O–H groups in total. The Hall–Kier alpha value is -2.67. The molecule has 2 rings (SSSR count). The average molecular weight is 375 g/mol. The molecule has 2 aromatic rings. The van der Waals surface area contributed by atoms with Crippen LogP contribution >= 0.6 is 11.8 Å². The van der Waals surface area contributed by atoms with Gasteiger partial charge in [0.05, 0.1) is 32.1 Å². The summed E-state index contributed by atoms with van der Waals surface area (Å²) in [5.74, 6) is 0.694. The first-order chi connectivity index (χ1) is 12.5. The number of carbonyl (C=O) groups excluding carboxylic acids is 2. The second-order valence-electron chi connectivity index (χ2n) is 5.34. The molecule has 0 aliphatic carbocycles. The molecule has 0 saturated heterocycles. The summed E-state index contributed by atoms with van der Waals surface area (Å²) in [6.07, 6.45) is 0. The maximum absolute atomic E-state index is 12.4. The first kappa shape index (κ1) is 19.7. The molecule has 0 aromatic heterocycles. The van der Waals surface area contributed by atoms with Gasteiger partial charge in [0.25, 0.3) is 0 Å². The van der Waals surface area contributed by atoms with Crippen molar-refractivity contribution in [1.82, 2.24) is 0 Å². The van der Waals surface area contributed by atoms with Gasteiger partial charge in [0, 0.05) is 10.6 Å². The molecule has 138 valence electrons. The molecule has 0 spiro atoms. The molecule has 6 nitrogen and oxygen atoms in total. The zero-order valence-electron chi connectivity index (χ0n) is 15.1. The number of nitrogens with one attached hydrogen (secondary N) is 1. The summed E-state index contributed by atoms with van der Waals surface area (Å²) in [7, 11) is 4.47. The average Bonchev–Trinajstić information content (AvgIpc) is 2.67. The zero-order chi connectivity index (χ0) is 19.1. The molecule has 26 heavy (non-hydrogen) atoms. The van der Waals surface area contributed by atoms with Gasteiger partial charge < -0.3 is 19.5 Å². The normalized spacial score (nSPS) is 11.4. The van der Waals surface area contributed by atoms with Crippen LogP contribution in [0.5, 0.6) is 11.5 Å². The van der Waals surface area contributed by atoms with Crippen LogP contribution in [0.15, 0.2) is 47.4 Å². The molecule has 0 aliphatic heterocycles. The molecular weight excluding hydrogens is 354 g/mol. The molecular formula is C19H21NO5S. The lowest BCUT2D eigenvalue weighted by molar-refractivity contribution is -0.115. The minimum atomic E-state index is -0.416. The highest BCUT2D eigenvalue weighted by molar-refractivity contribution is 8.00. The predicted octanol–water partition coefficient (Wildman–Crippen LogP) is 3.61. The number of amides is 1. The Morgan fingerprint density at radius 3 is 2.19 bits per heavy atom. The Morgan fingerprint density at radius 2 is 1.62 bits per heavy atom. The third-order valence-corrected chi connectivity index (χ3v) is 4.70. The number of esters is 1. The molecule has 0 radical (unpaired) electrons. The van der Waals surface area contributed by atoms with Crippen LogP contribution in [0.1, 0.15) is 17.3 Å². The Balaban J connectivity index is 2.00. The van der Waals surface area contributed by atoms with Gasteiger partial charge in [-0.05, 0) is 49.4 Å². The van der Waals surface area contributed by atoms with Crippen LogP contribution in [0.25, 0.3) is 0 Å². The molecule has 0 fully saturated rings. The molecule has 0 unspecified atom stereocenters. The minimum absolute atomic E-state index is 0.143. The fourth-order valence-electron chi connectivity index (χ4n) is 2.20. The minimum Gasteiger partial charge on any atom is -0.493 e. The van der Waals surface area contributed by atoms with Gasteiger partial charge in [-0.2, -0.15) is 0 Å². The highest BCUT2D eigenvalue weighted by atomic mass is 32.2. The van der Waals surface area contributed by atoms with Crippen molar-refractivity contribution in [1.29, 1.82) is 0 Å². The summed E-state index contributed by atoms with van der Waals surface area (Å²) in [5, 5.41) is 2.50. The fourth-order valence-corrected chi connectivity index (χ4v) is 3.09. The van der Waals surface area contributed by atoms with Crippen molar-refractivity contribution in [3.05, 3.63) is 48.0 Å². The summed E-state index contributed by atoms with van der Waals surface area (Å²) < 4.78 is 15.1. The van der Waals surface area contributed by atoms with Crippen LogP contribution in [0.2, 0.25) is 0 Å². The van der Waals surface area contributed by atoms with Crippen LogP contribution in [0.4, 0.5) is 5.69 Å². The van der Waals surface area contributed by atoms with Crippen molar-refractivity contribution >= 4 is 29.3 Å². The Morgan fingerprint density at radius 1 is 0.962 bits per heavy atom. The molecule has 1 atom stereocenters. The lowest BCUT2D eigenvalue weighted by atomic mass is 10.2. The van der Waals surface area contributed by atoms with Crippen molar-refractivity contribution in [3.63, 3.8) is 0 Å². The van der Waals surface area contributed by atoms with Crippen molar-refractivity contribution in [2.75, 3.05) is 26.6 Å². The summed E-state index contributed by atoms with van der Waals surface area (Å²) >= 11 is 1.41. The van der Waals surface area contributed by atoms with Crippen molar-refractivity contribution in [2.45, 2.75) is 17.1 Å². The second-order valence-corrected chi connectivity index (χ2v) is 6.75. The van der Waals surface area contributed by atoms with E-state index < -0.39 is 5.97 Å². The quantitative estimate of drug-likeness (QED) is 0.589. The summed E-state index contributed by atoms with van der Waals surface area (Å²) in [5.41, 5.74) is 1.04. The number of carbonyl (C=O) groups is 2. The van der Waals surface area contributed by atoms with E-state index in [0.29, 0.717) is 22.7 Å². The van der Waals surface area contributed by atoms with Gasteiger partial charge in [-0.15, -0.1) is 11.8 Å². The number of methoxy groups -OCH3 is 3. The van der Waals surface area contributed by atoms with E-state index in [0.717, 1.165) is 4.90 Å². The summed E-state index contributed by atoms with van der Waals surface area (Å²) in [6.45, 7) is 1.82. The Bertz CT molecular complexity index is 776. The van der Waals surface area contributed by atoms with Gasteiger partial charge in [-0.3, -0.25) is 4.79 Å². The molecule has 0 bridgehead atoms. The van der Waals surface area contributed by atoms with Gasteiger partial charge >= 0.3 is 5.97 Å². The van der Waals surface area contributed by atoms with E-state index in [9.17, 15) is 9.59 Å². The zero-order valence-corrected chi connectivity index (χ0v) is 15.9. The first-order valence-electron chi connectivity index (χ1n) is 7.86. The highest BCUT2D eigenvalue weighted by Crippen LogP contribution is 2.33. The molecule has 1 amide bonds. The third kappa shape index (κ3) is 4.92. The van der Waals surface area contributed by atoms with Crippen LogP contribution in [0.3, 0.4) is 0 Å². The van der Waals surface area contributed by atoms with Gasteiger partial charge in [-0.1, -0.05) is 0 Å². The number of anilines is 1. The topological polar surface area (TPSA) is 73.9 Å². The molecule has 2 aromatic carbocycles. The fraction of sp³-hybridized carbons (Fsp3) is 0.263. The van der Waals surface area contributed by atoms with Gasteiger partial charge in [0.2, 0.25) is 5.91 Å². The number of ether oxygens (including phenoxy) is 3. The van der Waals surface area contributed by atoms with E-state index in [1.54, 1.807) is 44.6 Å². The maximum atomic E-state index is 12.4. The lowest BCUT2D eigenvalue weighted by Crippen LogP contribution is -2.22. The standard InChI is InChI=1S/C19H21NO5S/c1-12(26-15-9-10-16(23-2)17(11-15)24-3)18(21)20-14-7-5-13(6-8-14)19(22)25-4/h5-12H,1-4H3,(H,20,21)/t12-/m0/s1.